The first kappa shape index (κ1) is 91.6. The second-order valence-electron chi connectivity index (χ2n) is 32.8. The van der Waals surface area contributed by atoms with E-state index in [0.717, 1.165) is 127 Å². The highest BCUT2D eigenvalue weighted by atomic mass is 32.1. The van der Waals surface area contributed by atoms with Gasteiger partial charge < -0.3 is 20.0 Å². The highest BCUT2D eigenvalue weighted by molar-refractivity contribution is 7.26. The van der Waals surface area contributed by atoms with Crippen LogP contribution in [0.25, 0.3) is 137 Å². The summed E-state index contributed by atoms with van der Waals surface area (Å²) in [5, 5.41) is 18.6. The summed E-state index contributed by atoms with van der Waals surface area (Å²) < 4.78 is 19.6. The van der Waals surface area contributed by atoms with Crippen molar-refractivity contribution in [3.8, 4) is 93.3 Å². The Morgan fingerprint density at radius 2 is 0.580 bits per heavy atom. The summed E-state index contributed by atoms with van der Waals surface area (Å²) in [6.45, 7) is 21.2. The van der Waals surface area contributed by atoms with Crippen LogP contribution in [-0.4, -0.2) is 39.6 Å². The number of aryl methyl sites for hydroxylation is 3. The van der Waals surface area contributed by atoms with Gasteiger partial charge in [0, 0.05) is 105 Å². The Hall–Kier alpha value is -12.7. The molecular weight excluding hydrogens is 1750 g/mol. The number of para-hydroxylation sites is 4. The predicted molar refractivity (Wildman–Crippen MR) is 558 cm³/mol. The lowest BCUT2D eigenvalue weighted by Crippen LogP contribution is -2.09. The molecule has 17 rings (SSSR count). The zero-order valence-electron chi connectivity index (χ0n) is 73.8. The molecule has 0 bridgehead atoms. The summed E-state index contributed by atoms with van der Waals surface area (Å²) in [4.78, 5) is 46.2. The van der Waals surface area contributed by atoms with Crippen LogP contribution in [0.1, 0.15) is 164 Å². The SMILES string of the molecule is [C-]#[N+]/C(=C\c1ccc(-c2ccc(-c3cc(CCCCCCCC)c(-c4ccc(N(c5ccccc5)c5ccccc5)cc4)s3)c3nsnc23)cc1)C(=O)O.[C-]#[N+]/C(=C\c1ccc(-c2ccc(-c3sc(-c4ccc(-c5cc(CCCCCCCC)c(-c6ccc(-c7ccc(N(c8ccccc8)c8ccccc8)cc7)s6)s5)c5nsnc45)cc3CCCCCCCC)s2)cc1)C(=O)O. The molecule has 0 aliphatic heterocycles. The van der Waals surface area contributed by atoms with E-state index in [0.29, 0.717) is 11.1 Å². The minimum Gasteiger partial charge on any atom is -0.486 e. The number of aliphatic carboxylic acids is 2. The number of nitrogens with zero attached hydrogens (tertiary/aromatic N) is 8. The summed E-state index contributed by atoms with van der Waals surface area (Å²) >= 11 is 11.8. The summed E-state index contributed by atoms with van der Waals surface area (Å²) in [6, 6.07) is 101. The van der Waals surface area contributed by atoms with E-state index in [1.54, 1.807) is 11.3 Å². The van der Waals surface area contributed by atoms with Gasteiger partial charge in [-0.05, 0) is 216 Å². The lowest BCUT2D eigenvalue weighted by Gasteiger charge is -2.25. The molecule has 0 saturated carbocycles. The van der Waals surface area contributed by atoms with Gasteiger partial charge in [0.2, 0.25) is 0 Å². The second kappa shape index (κ2) is 45.3. The molecule has 2 N–H and O–H groups in total. The van der Waals surface area contributed by atoms with Gasteiger partial charge in [0.1, 0.15) is 22.1 Å². The topological polar surface area (TPSA) is 141 Å². The number of benzene rings is 10. The molecule has 0 radical (unpaired) electrons. The van der Waals surface area contributed by atoms with E-state index < -0.39 is 11.9 Å². The zero-order valence-corrected chi connectivity index (χ0v) is 79.5. The number of anilines is 6. The monoisotopic (exact) mass is 1850 g/mol. The molecule has 0 fully saturated rings. The fraction of sp³-hybridized carbons (Fsp3) is 0.214. The third kappa shape index (κ3) is 22.5. The van der Waals surface area contributed by atoms with Crippen LogP contribution in [0.15, 0.2) is 297 Å². The Kier molecular flexibility index (Phi) is 31.7. The van der Waals surface area contributed by atoms with Gasteiger partial charge in [0.15, 0.2) is 0 Å². The van der Waals surface area contributed by atoms with Crippen molar-refractivity contribution >= 4 is 160 Å². The first-order chi connectivity index (χ1) is 64.4. The maximum absolute atomic E-state index is 11.5. The van der Waals surface area contributed by atoms with Crippen molar-refractivity contribution in [3.63, 3.8) is 0 Å². The number of aromatic nitrogens is 4. The molecule has 17 aromatic rings. The Morgan fingerprint density at radius 3 is 0.924 bits per heavy atom. The van der Waals surface area contributed by atoms with Crippen LogP contribution in [0.2, 0.25) is 0 Å². The van der Waals surface area contributed by atoms with Crippen LogP contribution < -0.4 is 9.80 Å². The summed E-state index contributed by atoms with van der Waals surface area (Å²) in [6.07, 6.45) is 28.4. The highest BCUT2D eigenvalue weighted by Crippen LogP contribution is 2.51. The van der Waals surface area contributed by atoms with Gasteiger partial charge >= 0.3 is 11.9 Å². The number of carboxylic acid groups (broad SMARTS) is 2. The molecule has 0 aliphatic carbocycles. The van der Waals surface area contributed by atoms with E-state index in [-0.39, 0.29) is 11.4 Å². The third-order valence-corrected chi connectivity index (χ3v) is 31.0. The van der Waals surface area contributed by atoms with Crippen LogP contribution in [0, 0.1) is 13.1 Å². The molecule has 0 unspecified atom stereocenters. The van der Waals surface area contributed by atoms with Crippen LogP contribution in [0.4, 0.5) is 34.1 Å². The normalized spacial score (nSPS) is 11.5. The molecule has 0 amide bonds. The fourth-order valence-corrected chi connectivity index (χ4v) is 24.0. The standard InChI is InChI=1S/C66H62N4O2S5.C46H40N4O2S2/c1-4-6-8-10-12-16-22-48-43-60(75-64(48)58-40-38-56(73-58)46-30-28-45(29-31-46)42-55(67-3)66(71)72)53-36-37-54(63-62(53)68-77-69-63)61-44-49(23-17-13-11-9-7-5-2)65(76-61)59-41-39-57(74-59)47-32-34-52(35-33-47)70(50-24-18-14-19-25-50)51-26-20-15-21-27-51;1-3-4-5-6-7-10-15-35-31-42(40-29-28-39(43-44(40)49-54-48-43)33-22-20-32(21-23-33)30-41(47-2)46(51)52)53-45(35)34-24-26-38(27-25-34)50(36-16-11-8-12-17-36)37-18-13-9-14-19-37/h14-15,18-21,24-44H,4-13,16-17,22-23H2,1-2H3,(H,71,72);8-9,11-14,16-31H,3-7,10,15H2,1H3,(H,51,52)/b55-42-;41-30-. The fourth-order valence-electron chi connectivity index (χ4n) is 16.8. The lowest BCUT2D eigenvalue weighted by atomic mass is 9.98. The molecule has 0 saturated heterocycles. The van der Waals surface area contributed by atoms with Crippen molar-refractivity contribution in [2.45, 2.75) is 156 Å². The molecular formula is C112H102N8O4S7. The van der Waals surface area contributed by atoms with Gasteiger partial charge in [-0.2, -0.15) is 17.5 Å². The van der Waals surface area contributed by atoms with Crippen molar-refractivity contribution in [2.24, 2.45) is 0 Å². The van der Waals surface area contributed by atoms with E-state index in [4.69, 9.17) is 30.6 Å². The Balaban J connectivity index is 0.000000204. The van der Waals surface area contributed by atoms with Gasteiger partial charge in [0.25, 0.3) is 11.4 Å². The van der Waals surface area contributed by atoms with Crippen molar-refractivity contribution in [2.75, 3.05) is 9.80 Å². The van der Waals surface area contributed by atoms with Crippen LogP contribution in [0.3, 0.4) is 0 Å². The van der Waals surface area contributed by atoms with Crippen LogP contribution >= 0.6 is 80.1 Å². The van der Waals surface area contributed by atoms with Crippen molar-refractivity contribution in [1.82, 2.24) is 17.5 Å². The minimum atomic E-state index is -1.23. The van der Waals surface area contributed by atoms with E-state index in [2.05, 4.69) is 265 Å². The molecule has 656 valence electrons. The largest absolute Gasteiger partial charge is 0.486 e. The highest BCUT2D eigenvalue weighted by Gasteiger charge is 2.26. The maximum Gasteiger partial charge on any atom is 0.333 e. The molecule has 0 atom stereocenters. The Bertz CT molecular complexity index is 6750. The number of hydrogen-bond donors (Lipinski definition) is 2. The van der Waals surface area contributed by atoms with E-state index in [1.165, 1.54) is 210 Å². The lowest BCUT2D eigenvalue weighted by molar-refractivity contribution is -0.133. The van der Waals surface area contributed by atoms with Gasteiger partial charge in [-0.15, -0.1) is 56.7 Å². The molecule has 131 heavy (non-hydrogen) atoms. The molecule has 0 aliphatic rings. The number of thiophene rings is 5. The number of fused-ring (bicyclic) bond motifs is 2. The number of carbonyl (C=O) groups is 2. The summed E-state index contributed by atoms with van der Waals surface area (Å²) in [7, 11) is 0. The minimum absolute atomic E-state index is 0.297. The maximum atomic E-state index is 11.5. The molecule has 12 nitrogen and oxygen atoms in total. The van der Waals surface area contributed by atoms with Gasteiger partial charge in [-0.25, -0.2) is 9.69 Å². The number of rotatable bonds is 40. The van der Waals surface area contributed by atoms with Gasteiger partial charge in [-0.3, -0.25) is 9.59 Å². The van der Waals surface area contributed by atoms with Crippen molar-refractivity contribution in [1.29, 1.82) is 0 Å². The van der Waals surface area contributed by atoms with Crippen LogP contribution in [0.5, 0.6) is 0 Å². The quantitative estimate of drug-likeness (QED) is 0.0217. The van der Waals surface area contributed by atoms with E-state index in [9.17, 15) is 19.8 Å². The van der Waals surface area contributed by atoms with E-state index >= 15 is 0 Å². The molecule has 19 heteroatoms. The smallest absolute Gasteiger partial charge is 0.333 e. The van der Waals surface area contributed by atoms with Gasteiger partial charge in [0.05, 0.1) is 36.6 Å². The average molecular weight is 1850 g/mol. The number of carboxylic acids is 2. The van der Waals surface area contributed by atoms with E-state index in [1.807, 2.05) is 106 Å². The molecule has 10 aromatic carbocycles. The summed E-state index contributed by atoms with van der Waals surface area (Å²) in [5.74, 6) is -2.45. The number of unbranched alkanes of at least 4 members (excludes halogenated alkanes) is 15. The van der Waals surface area contributed by atoms with Crippen molar-refractivity contribution < 1.29 is 19.8 Å². The Labute approximate surface area is 796 Å². The average Bonchev–Trinajstić information content (AvgIpc) is 1.62. The summed E-state index contributed by atoms with van der Waals surface area (Å²) in [5.41, 5.74) is 24.0. The van der Waals surface area contributed by atoms with Crippen molar-refractivity contribution in [3.05, 3.63) is 347 Å². The Morgan fingerprint density at radius 1 is 0.298 bits per heavy atom. The second-order valence-corrected chi connectivity index (χ2v) is 39.1. The first-order valence-electron chi connectivity index (χ1n) is 45.4. The molecule has 7 aromatic heterocycles. The molecule has 7 heterocycles. The molecule has 0 spiro atoms. The number of hydrogen-bond acceptors (Lipinski definition) is 15. The third-order valence-electron chi connectivity index (χ3n) is 23.7. The van der Waals surface area contributed by atoms with Crippen LogP contribution in [-0.2, 0) is 28.9 Å². The van der Waals surface area contributed by atoms with Gasteiger partial charge in [-0.1, -0.05) is 287 Å². The first-order valence-corrected chi connectivity index (χ1v) is 50.9. The zero-order chi connectivity index (χ0) is 90.2. The predicted octanol–water partition coefficient (Wildman–Crippen LogP) is 35.0.